The van der Waals surface area contributed by atoms with Gasteiger partial charge in [-0.2, -0.15) is 5.10 Å². The number of carbonyl (C=O) groups excluding carboxylic acids is 1. The first kappa shape index (κ1) is 17.8. The molecule has 0 aromatic carbocycles. The molecule has 130 valence electrons. The van der Waals surface area contributed by atoms with Gasteiger partial charge in [0.15, 0.2) is 0 Å². The molecule has 1 atom stereocenters. The van der Waals surface area contributed by atoms with Gasteiger partial charge >= 0.3 is 6.03 Å². The smallest absolute Gasteiger partial charge is 0.319 e. The van der Waals surface area contributed by atoms with Gasteiger partial charge in [-0.25, -0.2) is 9.78 Å². The molecule has 2 aromatic heterocycles. The number of urea groups is 1. The van der Waals surface area contributed by atoms with E-state index < -0.39 is 0 Å². The van der Waals surface area contributed by atoms with Gasteiger partial charge in [0, 0.05) is 25.0 Å². The molecule has 2 heterocycles. The molecule has 2 amide bonds. The predicted molar refractivity (Wildman–Crippen MR) is 93.4 cm³/mol. The van der Waals surface area contributed by atoms with Crippen LogP contribution in [-0.2, 0) is 13.5 Å². The molecular weight excluding hydrogens is 306 g/mol. The Morgan fingerprint density at radius 3 is 2.79 bits per heavy atom. The fourth-order valence-electron chi connectivity index (χ4n) is 2.59. The molecule has 0 fully saturated rings. The highest BCUT2D eigenvalue weighted by Gasteiger charge is 2.15. The lowest BCUT2D eigenvalue weighted by atomic mass is 10.1. The average Bonchev–Trinajstić information content (AvgIpc) is 2.76. The van der Waals surface area contributed by atoms with Crippen LogP contribution in [0.4, 0.5) is 10.5 Å². The van der Waals surface area contributed by atoms with E-state index in [1.54, 1.807) is 18.3 Å². The van der Waals surface area contributed by atoms with Gasteiger partial charge in [0.05, 0.1) is 12.3 Å². The number of aromatic nitrogens is 3. The van der Waals surface area contributed by atoms with Crippen LogP contribution in [-0.4, -0.2) is 33.4 Å². The summed E-state index contributed by atoms with van der Waals surface area (Å²) in [5, 5.41) is 10.1. The van der Waals surface area contributed by atoms with Crippen molar-refractivity contribution in [1.82, 2.24) is 20.1 Å². The zero-order chi connectivity index (χ0) is 17.7. The molecule has 0 aliphatic heterocycles. The minimum absolute atomic E-state index is 0.0289. The molecule has 24 heavy (non-hydrogen) atoms. The van der Waals surface area contributed by atoms with Gasteiger partial charge in [0.2, 0.25) is 5.88 Å². The molecule has 2 rings (SSSR count). The summed E-state index contributed by atoms with van der Waals surface area (Å²) in [5.41, 5.74) is 3.84. The number of carbonyl (C=O) groups is 1. The fourth-order valence-corrected chi connectivity index (χ4v) is 2.59. The molecular formula is C17H25N5O2. The van der Waals surface area contributed by atoms with E-state index in [2.05, 4.69) is 20.7 Å². The second-order valence-corrected chi connectivity index (χ2v) is 5.77. The predicted octanol–water partition coefficient (Wildman–Crippen LogP) is 2.58. The Balaban J connectivity index is 1.97. The topological polar surface area (TPSA) is 81.1 Å². The molecule has 7 nitrogen and oxygen atoms in total. The summed E-state index contributed by atoms with van der Waals surface area (Å²) < 4.78 is 7.27. The van der Waals surface area contributed by atoms with E-state index in [-0.39, 0.29) is 12.1 Å². The summed E-state index contributed by atoms with van der Waals surface area (Å²) in [6, 6.07) is 3.20. The molecule has 0 saturated carbocycles. The summed E-state index contributed by atoms with van der Waals surface area (Å²) in [6.07, 6.45) is 2.36. The number of hydrogen-bond acceptors (Lipinski definition) is 4. The van der Waals surface area contributed by atoms with Gasteiger partial charge in [-0.05, 0) is 51.8 Å². The summed E-state index contributed by atoms with van der Waals surface area (Å²) >= 11 is 0. The lowest BCUT2D eigenvalue weighted by Gasteiger charge is -2.16. The number of ether oxygens (including phenoxy) is 1. The highest BCUT2D eigenvalue weighted by Crippen LogP contribution is 2.20. The van der Waals surface area contributed by atoms with E-state index in [0.29, 0.717) is 18.2 Å². The monoisotopic (exact) mass is 331 g/mol. The molecule has 0 saturated heterocycles. The molecule has 7 heteroatoms. The van der Waals surface area contributed by atoms with Crippen molar-refractivity contribution in [1.29, 1.82) is 0 Å². The van der Waals surface area contributed by atoms with Crippen molar-refractivity contribution in [3.8, 4) is 5.88 Å². The summed E-state index contributed by atoms with van der Waals surface area (Å²) in [6.45, 7) is 8.35. The third kappa shape index (κ3) is 4.24. The average molecular weight is 331 g/mol. The van der Waals surface area contributed by atoms with Crippen LogP contribution in [0.5, 0.6) is 5.88 Å². The van der Waals surface area contributed by atoms with Gasteiger partial charge in [0.25, 0.3) is 0 Å². The van der Waals surface area contributed by atoms with Gasteiger partial charge in [-0.15, -0.1) is 0 Å². The van der Waals surface area contributed by atoms with E-state index in [1.807, 2.05) is 39.4 Å². The molecule has 0 aliphatic carbocycles. The molecule has 2 aromatic rings. The maximum Gasteiger partial charge on any atom is 0.319 e. The first-order valence-corrected chi connectivity index (χ1v) is 8.06. The van der Waals surface area contributed by atoms with Crippen LogP contribution < -0.4 is 15.4 Å². The van der Waals surface area contributed by atoms with Crippen LogP contribution in [0.15, 0.2) is 18.3 Å². The maximum absolute atomic E-state index is 12.2. The van der Waals surface area contributed by atoms with Crippen LogP contribution in [0.2, 0.25) is 0 Å². The van der Waals surface area contributed by atoms with Crippen molar-refractivity contribution in [3.63, 3.8) is 0 Å². The fraction of sp³-hybridized carbons (Fsp3) is 0.471. The first-order chi connectivity index (χ1) is 11.4. The van der Waals surface area contributed by atoms with Gasteiger partial charge in [0.1, 0.15) is 5.69 Å². The minimum Gasteiger partial charge on any atom is -0.476 e. The van der Waals surface area contributed by atoms with Crippen molar-refractivity contribution in [2.75, 3.05) is 11.9 Å². The normalized spacial score (nSPS) is 11.9. The van der Waals surface area contributed by atoms with Crippen molar-refractivity contribution < 1.29 is 9.53 Å². The van der Waals surface area contributed by atoms with Crippen LogP contribution in [0, 0.1) is 13.8 Å². The molecule has 0 spiro atoms. The molecule has 0 aliphatic rings. The quantitative estimate of drug-likeness (QED) is 0.852. The highest BCUT2D eigenvalue weighted by atomic mass is 16.5. The van der Waals surface area contributed by atoms with Crippen LogP contribution in [0.1, 0.15) is 30.8 Å². The van der Waals surface area contributed by atoms with E-state index in [0.717, 1.165) is 17.8 Å². The van der Waals surface area contributed by atoms with E-state index in [1.165, 1.54) is 5.56 Å². The number of amides is 2. The second kappa shape index (κ2) is 7.81. The van der Waals surface area contributed by atoms with Gasteiger partial charge in [-0.3, -0.25) is 4.68 Å². The van der Waals surface area contributed by atoms with Crippen LogP contribution in [0.25, 0.3) is 0 Å². The Labute approximate surface area is 142 Å². The van der Waals surface area contributed by atoms with Gasteiger partial charge in [-0.1, -0.05) is 0 Å². The number of hydrogen-bond donors (Lipinski definition) is 2. The van der Waals surface area contributed by atoms with E-state index >= 15 is 0 Å². The van der Waals surface area contributed by atoms with Gasteiger partial charge < -0.3 is 15.4 Å². The van der Waals surface area contributed by atoms with Crippen LogP contribution >= 0.6 is 0 Å². The molecule has 2 N–H and O–H groups in total. The van der Waals surface area contributed by atoms with Crippen molar-refractivity contribution in [3.05, 3.63) is 35.3 Å². The standard InChI is InChI=1S/C17H25N5O2/c1-6-24-16-15(8-7-9-18-16)20-17(23)19-11(2)10-14-12(3)21-22(5)13(14)4/h7-9,11H,6,10H2,1-5H3,(H2,19,20,23)/t11-/m1/s1. The summed E-state index contributed by atoms with van der Waals surface area (Å²) in [7, 11) is 1.92. The Hall–Kier alpha value is -2.57. The first-order valence-electron chi connectivity index (χ1n) is 8.06. The number of nitrogens with one attached hydrogen (secondary N) is 2. The minimum atomic E-state index is -0.282. The number of rotatable bonds is 6. The third-order valence-electron chi connectivity index (χ3n) is 3.85. The van der Waals surface area contributed by atoms with E-state index in [9.17, 15) is 4.79 Å². The Morgan fingerprint density at radius 1 is 1.42 bits per heavy atom. The second-order valence-electron chi connectivity index (χ2n) is 5.77. The lowest BCUT2D eigenvalue weighted by Crippen LogP contribution is -2.37. The van der Waals surface area contributed by atoms with E-state index in [4.69, 9.17) is 4.74 Å². The summed E-state index contributed by atoms with van der Waals surface area (Å²) in [4.78, 5) is 16.3. The highest BCUT2D eigenvalue weighted by molar-refractivity contribution is 5.90. The zero-order valence-corrected chi connectivity index (χ0v) is 14.9. The molecule has 0 unspecified atom stereocenters. The molecule has 0 bridgehead atoms. The Morgan fingerprint density at radius 2 is 2.17 bits per heavy atom. The van der Waals surface area contributed by atoms with Crippen LogP contribution in [0.3, 0.4) is 0 Å². The van der Waals surface area contributed by atoms with Crippen molar-refractivity contribution in [2.45, 2.75) is 40.2 Å². The Kier molecular flexibility index (Phi) is 5.78. The van der Waals surface area contributed by atoms with Crippen molar-refractivity contribution in [2.24, 2.45) is 7.05 Å². The number of anilines is 1. The number of aryl methyl sites for hydroxylation is 2. The molecule has 0 radical (unpaired) electrons. The lowest BCUT2D eigenvalue weighted by molar-refractivity contribution is 0.249. The zero-order valence-electron chi connectivity index (χ0n) is 14.9. The third-order valence-corrected chi connectivity index (χ3v) is 3.85. The Bertz CT molecular complexity index is 711. The summed E-state index contributed by atoms with van der Waals surface area (Å²) in [5.74, 6) is 0.418. The van der Waals surface area contributed by atoms with Crippen molar-refractivity contribution >= 4 is 11.7 Å². The maximum atomic E-state index is 12.2. The number of pyridine rings is 1. The number of nitrogens with zero attached hydrogens (tertiary/aromatic N) is 3. The largest absolute Gasteiger partial charge is 0.476 e. The SMILES string of the molecule is CCOc1ncccc1NC(=O)N[C@H](C)Cc1c(C)nn(C)c1C.